The van der Waals surface area contributed by atoms with Crippen LogP contribution in [0.25, 0.3) is 6.08 Å². The summed E-state index contributed by atoms with van der Waals surface area (Å²) in [6, 6.07) is 7.83. The molecule has 1 aromatic carbocycles. The fourth-order valence-corrected chi connectivity index (χ4v) is 2.61. The van der Waals surface area contributed by atoms with Crippen molar-refractivity contribution in [2.24, 2.45) is 0 Å². The van der Waals surface area contributed by atoms with Gasteiger partial charge in [-0.2, -0.15) is 0 Å². The van der Waals surface area contributed by atoms with Crippen molar-refractivity contribution in [3.05, 3.63) is 40.9 Å². The second kappa shape index (κ2) is 9.17. The summed E-state index contributed by atoms with van der Waals surface area (Å²) >= 11 is 5.84. The summed E-state index contributed by atoms with van der Waals surface area (Å²) in [5.74, 6) is 0. The fraction of sp³-hybridized carbons (Fsp3) is 0.529. The number of hydrogen-bond donors (Lipinski definition) is 0. The van der Waals surface area contributed by atoms with Crippen LogP contribution in [0.4, 0.5) is 0 Å². The molecule has 0 aromatic heterocycles. The third-order valence-electron chi connectivity index (χ3n) is 3.61. The number of nitrogens with zero attached hydrogens (tertiary/aromatic N) is 1. The molecule has 0 unspecified atom stereocenters. The molecule has 0 bridgehead atoms. The third-order valence-corrected chi connectivity index (χ3v) is 3.86. The molecule has 2 rings (SSSR count). The van der Waals surface area contributed by atoms with Gasteiger partial charge in [-0.15, -0.1) is 0 Å². The van der Waals surface area contributed by atoms with Crippen molar-refractivity contribution in [3.8, 4) is 0 Å². The average Bonchev–Trinajstić information content (AvgIpc) is 2.49. The highest BCUT2D eigenvalue weighted by atomic mass is 35.5. The number of hydrogen-bond acceptors (Lipinski definition) is 2. The highest BCUT2D eigenvalue weighted by molar-refractivity contribution is 6.30. The molecule has 0 N–H and O–H groups in total. The number of halogens is 1. The Morgan fingerprint density at radius 3 is 2.60 bits per heavy atom. The van der Waals surface area contributed by atoms with E-state index >= 15 is 0 Å². The Kier molecular flexibility index (Phi) is 7.13. The molecule has 1 aromatic rings. The van der Waals surface area contributed by atoms with Crippen molar-refractivity contribution in [1.82, 2.24) is 4.90 Å². The topological polar surface area (TPSA) is 12.5 Å². The molecule has 0 aliphatic carbocycles. The Morgan fingerprint density at radius 1 is 1.10 bits per heavy atom. The van der Waals surface area contributed by atoms with E-state index in [9.17, 15) is 0 Å². The first kappa shape index (κ1) is 15.6. The molecule has 1 saturated heterocycles. The molecule has 1 heterocycles. The molecular formula is C17H24ClNO. The molecule has 20 heavy (non-hydrogen) atoms. The van der Waals surface area contributed by atoms with Crippen LogP contribution in [0.1, 0.15) is 31.2 Å². The Labute approximate surface area is 127 Å². The zero-order valence-corrected chi connectivity index (χ0v) is 12.8. The van der Waals surface area contributed by atoms with Crippen molar-refractivity contribution in [1.29, 1.82) is 0 Å². The van der Waals surface area contributed by atoms with Gasteiger partial charge >= 0.3 is 0 Å². The molecule has 1 aliphatic heterocycles. The second-order valence-electron chi connectivity index (χ2n) is 5.28. The standard InChI is InChI=1S/C17H24ClNO/c18-17-9-7-16(8-10-17)6-4-14-20-15-5-13-19-11-2-1-3-12-19/h4,6-10H,1-3,5,11-15H2/b6-4+. The van der Waals surface area contributed by atoms with Gasteiger partial charge in [0.05, 0.1) is 6.61 Å². The van der Waals surface area contributed by atoms with Gasteiger partial charge < -0.3 is 9.64 Å². The molecule has 0 spiro atoms. The first-order chi connectivity index (χ1) is 9.84. The zero-order valence-electron chi connectivity index (χ0n) is 12.1. The van der Waals surface area contributed by atoms with Crippen molar-refractivity contribution >= 4 is 17.7 Å². The summed E-state index contributed by atoms with van der Waals surface area (Å²) < 4.78 is 5.63. The van der Waals surface area contributed by atoms with E-state index in [4.69, 9.17) is 16.3 Å². The predicted molar refractivity (Wildman–Crippen MR) is 86.2 cm³/mol. The Balaban J connectivity index is 1.51. The lowest BCUT2D eigenvalue weighted by atomic mass is 10.1. The minimum atomic E-state index is 0.683. The van der Waals surface area contributed by atoms with Gasteiger partial charge in [-0.25, -0.2) is 0 Å². The second-order valence-corrected chi connectivity index (χ2v) is 5.72. The Morgan fingerprint density at radius 2 is 1.85 bits per heavy atom. The first-order valence-corrected chi connectivity index (χ1v) is 7.94. The van der Waals surface area contributed by atoms with Gasteiger partial charge in [0, 0.05) is 18.2 Å². The molecule has 3 heteroatoms. The van der Waals surface area contributed by atoms with E-state index in [2.05, 4.69) is 17.1 Å². The zero-order chi connectivity index (χ0) is 14.0. The van der Waals surface area contributed by atoms with Crippen LogP contribution in [-0.4, -0.2) is 37.7 Å². The van der Waals surface area contributed by atoms with E-state index in [1.54, 1.807) is 0 Å². The molecule has 1 aliphatic rings. The van der Waals surface area contributed by atoms with Crippen LogP contribution in [0.2, 0.25) is 5.02 Å². The lowest BCUT2D eigenvalue weighted by molar-refractivity contribution is 0.138. The minimum Gasteiger partial charge on any atom is -0.377 e. The van der Waals surface area contributed by atoms with Crippen LogP contribution in [0.5, 0.6) is 0 Å². The van der Waals surface area contributed by atoms with Crippen LogP contribution in [0, 0.1) is 0 Å². The van der Waals surface area contributed by atoms with Gasteiger partial charge in [0.2, 0.25) is 0 Å². The van der Waals surface area contributed by atoms with Crippen molar-refractivity contribution < 1.29 is 4.74 Å². The van der Waals surface area contributed by atoms with Gasteiger partial charge in [-0.05, 0) is 50.0 Å². The van der Waals surface area contributed by atoms with E-state index in [0.29, 0.717) is 6.61 Å². The molecule has 1 fully saturated rings. The Bertz CT molecular complexity index is 396. The van der Waals surface area contributed by atoms with Crippen LogP contribution in [0.3, 0.4) is 0 Å². The summed E-state index contributed by atoms with van der Waals surface area (Å²) in [7, 11) is 0. The number of ether oxygens (including phenoxy) is 1. The van der Waals surface area contributed by atoms with Crippen molar-refractivity contribution in [2.45, 2.75) is 25.7 Å². The Hall–Kier alpha value is -0.830. The monoisotopic (exact) mass is 293 g/mol. The largest absolute Gasteiger partial charge is 0.377 e. The van der Waals surface area contributed by atoms with E-state index in [1.165, 1.54) is 38.9 Å². The summed E-state index contributed by atoms with van der Waals surface area (Å²) in [5.41, 5.74) is 1.16. The maximum absolute atomic E-state index is 5.84. The van der Waals surface area contributed by atoms with E-state index in [1.807, 2.05) is 24.3 Å². The highest BCUT2D eigenvalue weighted by Gasteiger charge is 2.08. The summed E-state index contributed by atoms with van der Waals surface area (Å²) in [5, 5.41) is 0.774. The van der Waals surface area contributed by atoms with Crippen LogP contribution < -0.4 is 0 Å². The highest BCUT2D eigenvalue weighted by Crippen LogP contribution is 2.10. The summed E-state index contributed by atoms with van der Waals surface area (Å²) in [6.45, 7) is 5.26. The molecule has 2 nitrogen and oxygen atoms in total. The lowest BCUT2D eigenvalue weighted by Gasteiger charge is -2.26. The quantitative estimate of drug-likeness (QED) is 0.697. The smallest absolute Gasteiger partial charge is 0.0650 e. The van der Waals surface area contributed by atoms with Crippen LogP contribution >= 0.6 is 11.6 Å². The molecule has 0 amide bonds. The molecule has 0 saturated carbocycles. The molecular weight excluding hydrogens is 270 g/mol. The van der Waals surface area contributed by atoms with Crippen molar-refractivity contribution in [3.63, 3.8) is 0 Å². The number of piperidine rings is 1. The normalized spacial score (nSPS) is 16.9. The molecule has 0 radical (unpaired) electrons. The summed E-state index contributed by atoms with van der Waals surface area (Å²) in [4.78, 5) is 2.55. The van der Waals surface area contributed by atoms with Gasteiger partial charge in [-0.3, -0.25) is 0 Å². The van der Waals surface area contributed by atoms with Crippen LogP contribution in [-0.2, 0) is 4.74 Å². The number of benzene rings is 1. The average molecular weight is 294 g/mol. The SMILES string of the molecule is Clc1ccc(/C=C/COCCCN2CCCCC2)cc1. The lowest BCUT2D eigenvalue weighted by Crippen LogP contribution is -2.31. The van der Waals surface area contributed by atoms with Gasteiger partial charge in [0.25, 0.3) is 0 Å². The number of rotatable bonds is 7. The van der Waals surface area contributed by atoms with Gasteiger partial charge in [0.15, 0.2) is 0 Å². The molecule has 0 atom stereocenters. The van der Waals surface area contributed by atoms with Gasteiger partial charge in [-0.1, -0.05) is 42.3 Å². The van der Waals surface area contributed by atoms with E-state index in [-0.39, 0.29) is 0 Å². The third kappa shape index (κ3) is 6.08. The van der Waals surface area contributed by atoms with E-state index in [0.717, 1.165) is 23.6 Å². The maximum atomic E-state index is 5.84. The molecule has 110 valence electrons. The van der Waals surface area contributed by atoms with Crippen LogP contribution in [0.15, 0.2) is 30.3 Å². The predicted octanol–water partition coefficient (Wildman–Crippen LogP) is 4.25. The van der Waals surface area contributed by atoms with Crippen molar-refractivity contribution in [2.75, 3.05) is 32.8 Å². The number of likely N-dealkylation sites (tertiary alicyclic amines) is 1. The maximum Gasteiger partial charge on any atom is 0.0650 e. The first-order valence-electron chi connectivity index (χ1n) is 7.57. The van der Waals surface area contributed by atoms with Gasteiger partial charge in [0.1, 0.15) is 0 Å². The minimum absolute atomic E-state index is 0.683. The summed E-state index contributed by atoms with van der Waals surface area (Å²) in [6.07, 6.45) is 9.40. The van der Waals surface area contributed by atoms with E-state index < -0.39 is 0 Å². The fourth-order valence-electron chi connectivity index (χ4n) is 2.48.